The van der Waals surface area contributed by atoms with E-state index in [-0.39, 0.29) is 43.0 Å². The van der Waals surface area contributed by atoms with Gasteiger partial charge in [-0.1, -0.05) is 251 Å². The summed E-state index contributed by atoms with van der Waals surface area (Å²) in [6, 6.07) is 62.5. The summed E-state index contributed by atoms with van der Waals surface area (Å²) in [7, 11) is 0.777. The maximum atomic E-state index is 2.54. The number of fused-ring (bicyclic) bond motifs is 4. The molecule has 0 aromatic heterocycles. The normalized spacial score (nSPS) is 13.7. The first-order valence-corrected chi connectivity index (χ1v) is 22.0. The zero-order chi connectivity index (χ0) is 40.4. The van der Waals surface area contributed by atoms with E-state index in [1.54, 1.807) is 0 Å². The van der Waals surface area contributed by atoms with Gasteiger partial charge in [-0.2, -0.15) is 0 Å². The Balaban J connectivity index is 0.000000321. The van der Waals surface area contributed by atoms with Crippen LogP contribution in [-0.4, -0.2) is 9.52 Å². The van der Waals surface area contributed by atoms with Gasteiger partial charge < -0.3 is 0 Å². The Morgan fingerprint density at radius 2 is 1.08 bits per heavy atom. The maximum Gasteiger partial charge on any atom is 0.121 e. The molecule has 0 bridgehead atoms. The second-order valence-corrected chi connectivity index (χ2v) is 19.4. The van der Waals surface area contributed by atoms with Crippen LogP contribution >= 0.6 is 0 Å². The van der Waals surface area contributed by atoms with Crippen LogP contribution in [0.2, 0.25) is 0 Å². The molecule has 0 saturated carbocycles. The predicted molar refractivity (Wildman–Crippen MR) is 254 cm³/mol. The Morgan fingerprint density at radius 3 is 1.68 bits per heavy atom. The molecule has 0 spiro atoms. The monoisotopic (exact) mass is 857 g/mol. The zero-order valence-electron chi connectivity index (χ0n) is 35.7. The Bertz CT molecular complexity index is 2650. The molecule has 0 saturated heterocycles. The van der Waals surface area contributed by atoms with Crippen LogP contribution in [0.5, 0.6) is 0 Å². The molecule has 1 unspecified atom stereocenters. The van der Waals surface area contributed by atoms with E-state index in [0.29, 0.717) is 0 Å². The fourth-order valence-electron chi connectivity index (χ4n) is 8.54. The molecule has 2 heteroatoms. The van der Waals surface area contributed by atoms with Crippen LogP contribution in [0.1, 0.15) is 95.0 Å². The van der Waals surface area contributed by atoms with E-state index in [2.05, 4.69) is 224 Å². The SMILES string of the molecule is CCCC1=Cc2c(-c3ccc(-c4ccccc4)cc3)cccc2C1c1cc(C(C)(C)C)cc2c1[cH-]c1ccc(C(C)(C)C)cc12.[Zr].c1ccc([Si]c2ccccc2)cc1. The summed E-state index contributed by atoms with van der Waals surface area (Å²) in [5, 5.41) is 8.33. The summed E-state index contributed by atoms with van der Waals surface area (Å²) < 4.78 is 0. The average molecular weight is 859 g/mol. The van der Waals surface area contributed by atoms with E-state index in [9.17, 15) is 0 Å². The van der Waals surface area contributed by atoms with E-state index < -0.39 is 0 Å². The van der Waals surface area contributed by atoms with Crippen LogP contribution in [0.25, 0.3) is 49.9 Å². The van der Waals surface area contributed by atoms with Gasteiger partial charge in [0.25, 0.3) is 0 Å². The van der Waals surface area contributed by atoms with Crippen molar-refractivity contribution >= 4 is 47.5 Å². The molecule has 8 aromatic carbocycles. The van der Waals surface area contributed by atoms with Crippen LogP contribution < -0.4 is 10.4 Å². The van der Waals surface area contributed by atoms with Crippen molar-refractivity contribution < 1.29 is 26.2 Å². The van der Waals surface area contributed by atoms with Crippen molar-refractivity contribution in [1.29, 1.82) is 0 Å². The fourth-order valence-corrected chi connectivity index (χ4v) is 9.59. The third-order valence-electron chi connectivity index (χ3n) is 11.7. The molecule has 0 amide bonds. The third kappa shape index (κ3) is 9.21. The first-order valence-electron chi connectivity index (χ1n) is 21.0. The second-order valence-electron chi connectivity index (χ2n) is 18.0. The molecule has 59 heavy (non-hydrogen) atoms. The Hall–Kier alpha value is -4.75. The Kier molecular flexibility index (Phi) is 12.8. The van der Waals surface area contributed by atoms with E-state index >= 15 is 0 Å². The summed E-state index contributed by atoms with van der Waals surface area (Å²) in [4.78, 5) is 0. The fraction of sp³-hybridized carbons (Fsp3) is 0.211. The van der Waals surface area contributed by atoms with Crippen LogP contribution in [0, 0.1) is 0 Å². The molecule has 0 N–H and O–H groups in total. The van der Waals surface area contributed by atoms with E-state index in [0.717, 1.165) is 22.4 Å². The molecule has 8 aromatic rings. The maximum absolute atomic E-state index is 2.54. The molecule has 0 nitrogen and oxygen atoms in total. The van der Waals surface area contributed by atoms with Crippen molar-refractivity contribution in [2.24, 2.45) is 0 Å². The minimum atomic E-state index is 0. The van der Waals surface area contributed by atoms with Gasteiger partial charge in [0.15, 0.2) is 0 Å². The minimum Gasteiger partial charge on any atom is -0.126 e. The summed E-state index contributed by atoms with van der Waals surface area (Å²) in [6.45, 7) is 16.3. The molecule has 0 aliphatic heterocycles. The molecule has 1 aliphatic carbocycles. The van der Waals surface area contributed by atoms with Crippen LogP contribution in [0.15, 0.2) is 175 Å². The first-order chi connectivity index (χ1) is 28.0. The molecular formula is C57H55SiZr-. The van der Waals surface area contributed by atoms with E-state index in [4.69, 9.17) is 0 Å². The van der Waals surface area contributed by atoms with Crippen molar-refractivity contribution in [2.45, 2.75) is 78.1 Å². The van der Waals surface area contributed by atoms with Gasteiger partial charge in [-0.25, -0.2) is 0 Å². The van der Waals surface area contributed by atoms with Crippen LogP contribution in [0.3, 0.4) is 0 Å². The molecule has 1 aliphatic rings. The minimum absolute atomic E-state index is 0. The van der Waals surface area contributed by atoms with Gasteiger partial charge in [-0.15, -0.1) is 33.7 Å². The smallest absolute Gasteiger partial charge is 0.121 e. The first kappa shape index (κ1) is 42.4. The van der Waals surface area contributed by atoms with Crippen LogP contribution in [0.4, 0.5) is 0 Å². The number of hydrogen-bond acceptors (Lipinski definition) is 0. The standard InChI is InChI=1S/C45H45.C12H10Si.Zr/c1-8-13-33-25-39-36(31-20-18-30(19-21-31)29-14-10-9-11-15-29)16-12-17-37(39)43(33)42-28-35(45(5,6)7)27-41-38-26-34(44(2,3)4)23-22-32(38)24-40(41)42;1-3-7-11(8-4-1)13-12-9-5-2-6-10-12;/h9-12,14-28,43H,8,13H2,1-7H3;1-10H;/q-1;;. The number of rotatable bonds is 7. The van der Waals surface area contributed by atoms with Gasteiger partial charge in [-0.3, -0.25) is 0 Å². The summed E-state index contributed by atoms with van der Waals surface area (Å²) >= 11 is 0. The number of allylic oxidation sites excluding steroid dienone is 1. The van der Waals surface area contributed by atoms with Crippen LogP contribution in [-0.2, 0) is 37.0 Å². The van der Waals surface area contributed by atoms with E-state index in [1.807, 2.05) is 0 Å². The van der Waals surface area contributed by atoms with Gasteiger partial charge in [0.1, 0.15) is 9.52 Å². The topological polar surface area (TPSA) is 0 Å². The third-order valence-corrected chi connectivity index (χ3v) is 13.0. The van der Waals surface area contributed by atoms with E-state index in [1.165, 1.54) is 87.6 Å². The molecule has 1 atom stereocenters. The van der Waals surface area contributed by atoms with Crippen molar-refractivity contribution in [3.05, 3.63) is 203 Å². The largest absolute Gasteiger partial charge is 0.126 e. The summed E-state index contributed by atoms with van der Waals surface area (Å²) in [6.07, 6.45) is 4.76. The van der Waals surface area contributed by atoms with Gasteiger partial charge in [0, 0.05) is 32.1 Å². The van der Waals surface area contributed by atoms with Gasteiger partial charge in [-0.05, 0) is 50.6 Å². The molecular weight excluding hydrogens is 804 g/mol. The molecule has 292 valence electrons. The molecule has 0 fully saturated rings. The van der Waals surface area contributed by atoms with Crippen molar-refractivity contribution in [3.63, 3.8) is 0 Å². The summed E-state index contributed by atoms with van der Waals surface area (Å²) in [5.41, 5.74) is 13.9. The zero-order valence-corrected chi connectivity index (χ0v) is 39.2. The van der Waals surface area contributed by atoms with Crippen molar-refractivity contribution in [3.8, 4) is 22.3 Å². The summed E-state index contributed by atoms with van der Waals surface area (Å²) in [5.74, 6) is 0.257. The molecule has 0 heterocycles. The van der Waals surface area contributed by atoms with Gasteiger partial charge in [0.2, 0.25) is 0 Å². The Morgan fingerprint density at radius 1 is 0.525 bits per heavy atom. The molecule has 9 rings (SSSR count). The van der Waals surface area contributed by atoms with Gasteiger partial charge >= 0.3 is 0 Å². The average Bonchev–Trinajstić information content (AvgIpc) is 3.79. The Labute approximate surface area is 374 Å². The quantitative estimate of drug-likeness (QED) is 0.111. The van der Waals surface area contributed by atoms with Gasteiger partial charge in [0.05, 0.1) is 0 Å². The second kappa shape index (κ2) is 17.8. The molecule has 2 radical (unpaired) electrons. The van der Waals surface area contributed by atoms with Crippen molar-refractivity contribution in [1.82, 2.24) is 0 Å². The number of benzene rings is 7. The van der Waals surface area contributed by atoms with Crippen molar-refractivity contribution in [2.75, 3.05) is 0 Å². The predicted octanol–water partition coefficient (Wildman–Crippen LogP) is 14.3. The number of hydrogen-bond donors (Lipinski definition) is 0.